The highest BCUT2D eigenvalue weighted by Crippen LogP contribution is 2.21. The molecule has 3 N–H and O–H groups in total. The van der Waals surface area contributed by atoms with Crippen molar-refractivity contribution in [2.24, 2.45) is 0 Å². The Hall–Kier alpha value is -3.87. The first kappa shape index (κ1) is 17.5. The van der Waals surface area contributed by atoms with E-state index >= 15 is 0 Å². The maximum Gasteiger partial charge on any atom is 0.268 e. The van der Waals surface area contributed by atoms with Gasteiger partial charge in [0.15, 0.2) is 0 Å². The summed E-state index contributed by atoms with van der Waals surface area (Å²) in [6.07, 6.45) is 1.55. The van der Waals surface area contributed by atoms with Crippen LogP contribution in [0, 0.1) is 5.82 Å². The van der Waals surface area contributed by atoms with Crippen molar-refractivity contribution in [3.63, 3.8) is 0 Å². The number of amides is 2. The number of aromatic amines is 1. The first-order valence-electron chi connectivity index (χ1n) is 8.59. The molecular formula is C21H16FN3O3. The number of H-pyrrole nitrogens is 1. The van der Waals surface area contributed by atoms with E-state index in [0.717, 1.165) is 10.9 Å². The average molecular weight is 377 g/mol. The van der Waals surface area contributed by atoms with Crippen LogP contribution in [0.2, 0.25) is 0 Å². The number of furan rings is 1. The fourth-order valence-electron chi connectivity index (χ4n) is 2.84. The van der Waals surface area contributed by atoms with Crippen LogP contribution in [0.15, 0.2) is 71.3 Å². The first-order chi connectivity index (χ1) is 13.6. The molecule has 0 atom stereocenters. The molecule has 0 unspecified atom stereocenters. The Bertz CT molecular complexity index is 1150. The van der Waals surface area contributed by atoms with E-state index in [0.29, 0.717) is 17.1 Å². The van der Waals surface area contributed by atoms with Gasteiger partial charge in [-0.1, -0.05) is 6.07 Å². The number of halogens is 1. The fourth-order valence-corrected chi connectivity index (χ4v) is 2.84. The highest BCUT2D eigenvalue weighted by Gasteiger charge is 2.12. The lowest BCUT2D eigenvalue weighted by atomic mass is 10.2. The maximum atomic E-state index is 13.3. The standard InChI is InChI=1S/C21H16FN3O3/c22-15-4-1-3-13(9-15)20(26)24-16-6-7-18-14(10-16)11-19(25-18)21(27)23-12-17-5-2-8-28-17/h1-11,25H,12H2,(H,23,27)(H,24,26). The molecule has 28 heavy (non-hydrogen) atoms. The van der Waals surface area contributed by atoms with Crippen LogP contribution in [0.25, 0.3) is 10.9 Å². The molecule has 0 aliphatic rings. The molecule has 4 aromatic rings. The number of aromatic nitrogens is 1. The van der Waals surface area contributed by atoms with Crippen molar-refractivity contribution >= 4 is 28.4 Å². The normalized spacial score (nSPS) is 10.8. The summed E-state index contributed by atoms with van der Waals surface area (Å²) in [5.74, 6) is -0.491. The zero-order valence-electron chi connectivity index (χ0n) is 14.7. The molecule has 0 aliphatic heterocycles. The van der Waals surface area contributed by atoms with Crippen molar-refractivity contribution in [3.8, 4) is 0 Å². The van der Waals surface area contributed by atoms with Crippen molar-refractivity contribution in [1.82, 2.24) is 10.3 Å². The largest absolute Gasteiger partial charge is 0.467 e. The van der Waals surface area contributed by atoms with E-state index in [-0.39, 0.29) is 18.0 Å². The molecule has 2 aromatic carbocycles. The van der Waals surface area contributed by atoms with Gasteiger partial charge in [0.25, 0.3) is 11.8 Å². The van der Waals surface area contributed by atoms with Crippen molar-refractivity contribution in [3.05, 3.63) is 89.8 Å². The SMILES string of the molecule is O=C(Nc1ccc2[nH]c(C(=O)NCc3ccco3)cc2c1)c1cccc(F)c1. The van der Waals surface area contributed by atoms with Gasteiger partial charge in [-0.05, 0) is 54.6 Å². The second kappa shape index (κ2) is 7.40. The number of nitrogens with one attached hydrogen (secondary N) is 3. The molecule has 0 spiro atoms. The van der Waals surface area contributed by atoms with Gasteiger partial charge in [0, 0.05) is 22.2 Å². The molecule has 0 aliphatic carbocycles. The van der Waals surface area contributed by atoms with E-state index in [9.17, 15) is 14.0 Å². The van der Waals surface area contributed by atoms with Crippen LogP contribution in [-0.2, 0) is 6.54 Å². The van der Waals surface area contributed by atoms with Gasteiger partial charge < -0.3 is 20.0 Å². The minimum absolute atomic E-state index is 0.229. The Morgan fingerprint density at radius 3 is 2.68 bits per heavy atom. The molecule has 0 saturated heterocycles. The number of hydrogen-bond acceptors (Lipinski definition) is 3. The van der Waals surface area contributed by atoms with Crippen molar-refractivity contribution < 1.29 is 18.4 Å². The zero-order chi connectivity index (χ0) is 19.5. The summed E-state index contributed by atoms with van der Waals surface area (Å²) in [5, 5.41) is 6.26. The second-order valence-electron chi connectivity index (χ2n) is 6.21. The quantitative estimate of drug-likeness (QED) is 0.490. The monoisotopic (exact) mass is 377 g/mol. The smallest absolute Gasteiger partial charge is 0.268 e. The van der Waals surface area contributed by atoms with Crippen LogP contribution in [0.3, 0.4) is 0 Å². The lowest BCUT2D eigenvalue weighted by Gasteiger charge is -2.05. The third-order valence-electron chi connectivity index (χ3n) is 4.21. The number of anilines is 1. The van der Waals surface area contributed by atoms with Gasteiger partial charge in [-0.25, -0.2) is 4.39 Å². The van der Waals surface area contributed by atoms with Crippen LogP contribution < -0.4 is 10.6 Å². The van der Waals surface area contributed by atoms with Gasteiger partial charge in [0.05, 0.1) is 12.8 Å². The molecular weight excluding hydrogens is 361 g/mol. The summed E-state index contributed by atoms with van der Waals surface area (Å²) >= 11 is 0. The first-order valence-corrected chi connectivity index (χ1v) is 8.59. The van der Waals surface area contributed by atoms with Crippen LogP contribution in [-0.4, -0.2) is 16.8 Å². The molecule has 4 rings (SSSR count). The summed E-state index contributed by atoms with van der Waals surface area (Å²) in [4.78, 5) is 27.6. The Balaban J connectivity index is 1.48. The van der Waals surface area contributed by atoms with Crippen LogP contribution in [0.1, 0.15) is 26.6 Å². The number of carbonyl (C=O) groups excluding carboxylic acids is 2. The lowest BCUT2D eigenvalue weighted by molar-refractivity contribution is 0.0943. The molecule has 0 radical (unpaired) electrons. The third-order valence-corrected chi connectivity index (χ3v) is 4.21. The Kier molecular flexibility index (Phi) is 4.63. The summed E-state index contributed by atoms with van der Waals surface area (Å²) in [5.41, 5.74) is 1.93. The van der Waals surface area contributed by atoms with E-state index in [1.807, 2.05) is 0 Å². The molecule has 0 fully saturated rings. The molecule has 6 nitrogen and oxygen atoms in total. The van der Waals surface area contributed by atoms with Gasteiger partial charge in [-0.3, -0.25) is 9.59 Å². The van der Waals surface area contributed by atoms with Gasteiger partial charge in [-0.2, -0.15) is 0 Å². The van der Waals surface area contributed by atoms with Gasteiger partial charge in [0.1, 0.15) is 17.3 Å². The molecule has 2 heterocycles. The molecule has 140 valence electrons. The van der Waals surface area contributed by atoms with Gasteiger partial charge in [-0.15, -0.1) is 0 Å². The second-order valence-corrected chi connectivity index (χ2v) is 6.21. The molecule has 7 heteroatoms. The highest BCUT2D eigenvalue weighted by atomic mass is 19.1. The minimum atomic E-state index is -0.473. The number of benzene rings is 2. The lowest BCUT2D eigenvalue weighted by Crippen LogP contribution is -2.22. The predicted molar refractivity (Wildman–Crippen MR) is 103 cm³/mol. The summed E-state index contributed by atoms with van der Waals surface area (Å²) in [6, 6.07) is 15.9. The van der Waals surface area contributed by atoms with Crippen molar-refractivity contribution in [2.75, 3.05) is 5.32 Å². The average Bonchev–Trinajstić information content (AvgIpc) is 3.35. The Morgan fingerprint density at radius 1 is 1.00 bits per heavy atom. The van der Waals surface area contributed by atoms with Gasteiger partial charge >= 0.3 is 0 Å². The van der Waals surface area contributed by atoms with E-state index < -0.39 is 11.7 Å². The zero-order valence-corrected chi connectivity index (χ0v) is 14.7. The van der Waals surface area contributed by atoms with Crippen molar-refractivity contribution in [2.45, 2.75) is 6.54 Å². The third kappa shape index (κ3) is 3.78. The van der Waals surface area contributed by atoms with E-state index in [2.05, 4.69) is 15.6 Å². The molecule has 2 aromatic heterocycles. The Labute approximate surface area is 159 Å². The van der Waals surface area contributed by atoms with Crippen molar-refractivity contribution in [1.29, 1.82) is 0 Å². The highest BCUT2D eigenvalue weighted by molar-refractivity contribution is 6.05. The van der Waals surface area contributed by atoms with Crippen LogP contribution in [0.5, 0.6) is 0 Å². The van der Waals surface area contributed by atoms with Crippen LogP contribution in [0.4, 0.5) is 10.1 Å². The predicted octanol–water partition coefficient (Wildman–Crippen LogP) is 4.08. The number of rotatable bonds is 5. The summed E-state index contributed by atoms with van der Waals surface area (Å²) < 4.78 is 18.5. The molecule has 2 amide bonds. The number of fused-ring (bicyclic) bond motifs is 1. The molecule has 0 bridgehead atoms. The van der Waals surface area contributed by atoms with Crippen LogP contribution >= 0.6 is 0 Å². The van der Waals surface area contributed by atoms with E-state index in [4.69, 9.17) is 4.42 Å². The minimum Gasteiger partial charge on any atom is -0.467 e. The number of hydrogen-bond donors (Lipinski definition) is 3. The Morgan fingerprint density at radius 2 is 1.89 bits per heavy atom. The maximum absolute atomic E-state index is 13.3. The van der Waals surface area contributed by atoms with Gasteiger partial charge in [0.2, 0.25) is 0 Å². The fraction of sp³-hybridized carbons (Fsp3) is 0.0476. The van der Waals surface area contributed by atoms with E-state index in [1.54, 1.807) is 42.7 Å². The topological polar surface area (TPSA) is 87.1 Å². The van der Waals surface area contributed by atoms with E-state index in [1.165, 1.54) is 24.3 Å². The molecule has 0 saturated carbocycles. The summed E-state index contributed by atoms with van der Waals surface area (Å²) in [6.45, 7) is 0.288. The number of carbonyl (C=O) groups is 2. The summed E-state index contributed by atoms with van der Waals surface area (Å²) in [7, 11) is 0.